The molecule has 2 aliphatic rings. The molecule has 7 heteroatoms. The van der Waals surface area contributed by atoms with E-state index in [9.17, 15) is 4.79 Å². The molecule has 0 aromatic carbocycles. The Hall–Kier alpha value is -1.34. The number of nitrogens with zero attached hydrogens (tertiary/aromatic N) is 1. The summed E-state index contributed by atoms with van der Waals surface area (Å²) in [6.07, 6.45) is 4.06. The number of ether oxygens (including phenoxy) is 1. The third-order valence-corrected chi connectivity index (χ3v) is 4.32. The Morgan fingerprint density at radius 2 is 2.00 bits per heavy atom. The molecular weight excluding hydrogens is 264 g/mol. The number of rotatable bonds is 4. The quantitative estimate of drug-likeness (QED) is 0.772. The molecule has 0 radical (unpaired) electrons. The van der Waals surface area contributed by atoms with Crippen LogP contribution < -0.4 is 16.4 Å². The van der Waals surface area contributed by atoms with Gasteiger partial charge in [-0.1, -0.05) is 11.3 Å². The second kappa shape index (κ2) is 5.34. The van der Waals surface area contributed by atoms with E-state index in [0.717, 1.165) is 18.0 Å². The van der Waals surface area contributed by atoms with Gasteiger partial charge in [0.2, 0.25) is 0 Å². The highest BCUT2D eigenvalue weighted by molar-refractivity contribution is 7.18. The van der Waals surface area contributed by atoms with Gasteiger partial charge in [0, 0.05) is 25.3 Å². The van der Waals surface area contributed by atoms with Crippen LogP contribution in [0.5, 0.6) is 0 Å². The van der Waals surface area contributed by atoms with Gasteiger partial charge in [0.05, 0.1) is 0 Å². The van der Waals surface area contributed by atoms with Crippen LogP contribution in [0.4, 0.5) is 10.9 Å². The van der Waals surface area contributed by atoms with E-state index in [4.69, 9.17) is 10.5 Å². The summed E-state index contributed by atoms with van der Waals surface area (Å²) in [7, 11) is 0. The molecule has 1 aliphatic heterocycles. The molecule has 0 bridgehead atoms. The van der Waals surface area contributed by atoms with E-state index >= 15 is 0 Å². The number of hydrogen-bond acceptors (Lipinski definition) is 6. The first kappa shape index (κ1) is 12.7. The Morgan fingerprint density at radius 1 is 1.26 bits per heavy atom. The van der Waals surface area contributed by atoms with Crippen LogP contribution in [-0.2, 0) is 4.74 Å². The van der Waals surface area contributed by atoms with Crippen molar-refractivity contribution >= 4 is 28.2 Å². The van der Waals surface area contributed by atoms with E-state index in [1.165, 1.54) is 24.2 Å². The molecular formula is C12H18N4O2S. The van der Waals surface area contributed by atoms with Gasteiger partial charge < -0.3 is 21.1 Å². The van der Waals surface area contributed by atoms with Gasteiger partial charge in [0.25, 0.3) is 5.91 Å². The Kier molecular flexibility index (Phi) is 3.56. The molecule has 1 aromatic heterocycles. The Bertz CT molecular complexity index is 466. The maximum Gasteiger partial charge on any atom is 0.265 e. The third kappa shape index (κ3) is 3.16. The first-order valence-electron chi connectivity index (χ1n) is 6.64. The highest BCUT2D eigenvalue weighted by atomic mass is 32.1. The predicted octanol–water partition coefficient (Wildman–Crippen LogP) is 1.21. The molecule has 3 rings (SSSR count). The first-order chi connectivity index (χ1) is 9.22. The fraction of sp³-hybridized carbons (Fsp3) is 0.667. The second-order valence-corrected chi connectivity index (χ2v) is 6.01. The van der Waals surface area contributed by atoms with Gasteiger partial charge in [0.1, 0.15) is 10.7 Å². The number of amides is 1. The number of nitrogens with one attached hydrogen (secondary N) is 2. The maximum absolute atomic E-state index is 12.2. The Labute approximate surface area is 115 Å². The summed E-state index contributed by atoms with van der Waals surface area (Å²) in [6, 6.07) is 0.694. The summed E-state index contributed by atoms with van der Waals surface area (Å²) in [6.45, 7) is 1.41. The molecule has 2 fully saturated rings. The minimum atomic E-state index is -0.120. The standard InChI is InChI=1S/C12H18N4O2S/c13-10-9(19-12(16-10)15-7-1-2-7)11(17)14-8-3-5-18-6-4-8/h7-8H,1-6,13H2,(H,14,17)(H,15,16). The average molecular weight is 282 g/mol. The molecule has 104 valence electrons. The van der Waals surface area contributed by atoms with Crippen molar-refractivity contribution in [3.05, 3.63) is 4.88 Å². The highest BCUT2D eigenvalue weighted by Crippen LogP contribution is 2.30. The normalized spacial score (nSPS) is 20.2. The SMILES string of the molecule is Nc1nc(NC2CC2)sc1C(=O)NC1CCOCC1. The number of nitrogens with two attached hydrogens (primary N) is 1. The molecule has 1 saturated heterocycles. The smallest absolute Gasteiger partial charge is 0.265 e. The van der Waals surface area contributed by atoms with Crippen LogP contribution in [0.1, 0.15) is 35.4 Å². The van der Waals surface area contributed by atoms with Crippen LogP contribution in [0, 0.1) is 0 Å². The fourth-order valence-corrected chi connectivity index (χ4v) is 2.92. The van der Waals surface area contributed by atoms with Crippen molar-refractivity contribution in [2.75, 3.05) is 24.3 Å². The number of hydrogen-bond donors (Lipinski definition) is 3. The van der Waals surface area contributed by atoms with Crippen molar-refractivity contribution in [3.8, 4) is 0 Å². The molecule has 4 N–H and O–H groups in total. The van der Waals surface area contributed by atoms with Crippen molar-refractivity contribution < 1.29 is 9.53 Å². The number of aromatic nitrogens is 1. The third-order valence-electron chi connectivity index (χ3n) is 3.32. The van der Waals surface area contributed by atoms with Crippen LogP contribution >= 0.6 is 11.3 Å². The van der Waals surface area contributed by atoms with E-state index in [1.54, 1.807) is 0 Å². The fourth-order valence-electron chi connectivity index (χ4n) is 2.05. The molecule has 0 atom stereocenters. The van der Waals surface area contributed by atoms with Gasteiger partial charge in [-0.3, -0.25) is 4.79 Å². The molecule has 1 saturated carbocycles. The molecule has 19 heavy (non-hydrogen) atoms. The van der Waals surface area contributed by atoms with Gasteiger partial charge in [-0.05, 0) is 25.7 Å². The number of nitrogen functional groups attached to an aromatic ring is 1. The lowest BCUT2D eigenvalue weighted by Gasteiger charge is -2.22. The van der Waals surface area contributed by atoms with Crippen LogP contribution in [-0.4, -0.2) is 36.2 Å². The zero-order valence-electron chi connectivity index (χ0n) is 10.6. The Balaban J connectivity index is 1.62. The van der Waals surface area contributed by atoms with Crippen molar-refractivity contribution in [2.24, 2.45) is 0 Å². The molecule has 0 unspecified atom stereocenters. The summed E-state index contributed by atoms with van der Waals surface area (Å²) < 4.78 is 5.27. The van der Waals surface area contributed by atoms with E-state index in [-0.39, 0.29) is 11.9 Å². The first-order valence-corrected chi connectivity index (χ1v) is 7.45. The summed E-state index contributed by atoms with van der Waals surface area (Å²) in [5, 5.41) is 7.01. The molecule has 6 nitrogen and oxygen atoms in total. The zero-order chi connectivity index (χ0) is 13.2. The van der Waals surface area contributed by atoms with E-state index in [2.05, 4.69) is 15.6 Å². The van der Waals surface area contributed by atoms with E-state index < -0.39 is 0 Å². The van der Waals surface area contributed by atoms with Crippen molar-refractivity contribution in [1.82, 2.24) is 10.3 Å². The molecule has 2 heterocycles. The largest absolute Gasteiger partial charge is 0.382 e. The number of anilines is 2. The zero-order valence-corrected chi connectivity index (χ0v) is 11.5. The minimum absolute atomic E-state index is 0.120. The van der Waals surface area contributed by atoms with Gasteiger partial charge in [-0.15, -0.1) is 0 Å². The van der Waals surface area contributed by atoms with Crippen molar-refractivity contribution in [1.29, 1.82) is 0 Å². The maximum atomic E-state index is 12.2. The summed E-state index contributed by atoms with van der Waals surface area (Å²) in [5.41, 5.74) is 5.82. The summed E-state index contributed by atoms with van der Waals surface area (Å²) in [4.78, 5) is 16.9. The average Bonchev–Trinajstić information content (AvgIpc) is 3.13. The van der Waals surface area contributed by atoms with Crippen LogP contribution in [0.3, 0.4) is 0 Å². The van der Waals surface area contributed by atoms with Gasteiger partial charge in [-0.2, -0.15) is 0 Å². The van der Waals surface area contributed by atoms with Gasteiger partial charge >= 0.3 is 0 Å². The summed E-state index contributed by atoms with van der Waals surface area (Å²) in [5.74, 6) is 0.198. The van der Waals surface area contributed by atoms with Crippen molar-refractivity contribution in [3.63, 3.8) is 0 Å². The topological polar surface area (TPSA) is 89.3 Å². The van der Waals surface area contributed by atoms with Gasteiger partial charge in [-0.25, -0.2) is 4.98 Å². The van der Waals surface area contributed by atoms with Crippen LogP contribution in [0.25, 0.3) is 0 Å². The number of thiazole rings is 1. The van der Waals surface area contributed by atoms with Crippen molar-refractivity contribution in [2.45, 2.75) is 37.8 Å². The molecule has 1 aliphatic carbocycles. The van der Waals surface area contributed by atoms with Gasteiger partial charge in [0.15, 0.2) is 5.13 Å². The molecule has 0 spiro atoms. The Morgan fingerprint density at radius 3 is 2.68 bits per heavy atom. The lowest BCUT2D eigenvalue weighted by molar-refractivity contribution is 0.0698. The monoisotopic (exact) mass is 282 g/mol. The van der Waals surface area contributed by atoms with Crippen LogP contribution in [0.2, 0.25) is 0 Å². The predicted molar refractivity (Wildman–Crippen MR) is 74.5 cm³/mol. The lowest BCUT2D eigenvalue weighted by atomic mass is 10.1. The lowest BCUT2D eigenvalue weighted by Crippen LogP contribution is -2.38. The van der Waals surface area contributed by atoms with E-state index in [0.29, 0.717) is 30.0 Å². The summed E-state index contributed by atoms with van der Waals surface area (Å²) >= 11 is 1.33. The number of carbonyl (C=O) groups is 1. The second-order valence-electron chi connectivity index (χ2n) is 5.01. The van der Waals surface area contributed by atoms with E-state index in [1.807, 2.05) is 0 Å². The minimum Gasteiger partial charge on any atom is -0.382 e. The molecule has 1 amide bonds. The van der Waals surface area contributed by atoms with Crippen LogP contribution in [0.15, 0.2) is 0 Å². The molecule has 1 aromatic rings. The highest BCUT2D eigenvalue weighted by Gasteiger charge is 2.25. The number of carbonyl (C=O) groups excluding carboxylic acids is 1.